The first-order valence-electron chi connectivity index (χ1n) is 21.2. The van der Waals surface area contributed by atoms with Gasteiger partial charge in [0, 0.05) is 25.3 Å². The zero-order valence-electron chi connectivity index (χ0n) is 36.5. The van der Waals surface area contributed by atoms with Crippen molar-refractivity contribution in [3.63, 3.8) is 0 Å². The lowest BCUT2D eigenvalue weighted by atomic mass is 9.91. The van der Waals surface area contributed by atoms with Crippen LogP contribution in [0.15, 0.2) is 104 Å². The molecule has 65 heavy (non-hydrogen) atoms. The quantitative estimate of drug-likeness (QED) is 0.0708. The summed E-state index contributed by atoms with van der Waals surface area (Å²) < 4.78 is 9.25. The minimum atomic E-state index is -1.26. The van der Waals surface area contributed by atoms with Gasteiger partial charge in [-0.25, -0.2) is 44.3 Å². The Morgan fingerprint density at radius 2 is 1.29 bits per heavy atom. The molecular weight excluding hydrogens is 873 g/mol. The zero-order valence-corrected chi connectivity index (χ0v) is 38.0. The van der Waals surface area contributed by atoms with Crippen LogP contribution in [0.4, 0.5) is 15.4 Å². The van der Waals surface area contributed by atoms with Crippen molar-refractivity contribution in [2.75, 3.05) is 11.9 Å². The second-order valence-corrected chi connectivity index (χ2v) is 17.1. The summed E-state index contributed by atoms with van der Waals surface area (Å²) in [5.74, 6) is 0.0607. The van der Waals surface area contributed by atoms with E-state index in [0.29, 0.717) is 47.5 Å². The van der Waals surface area contributed by atoms with Crippen molar-refractivity contribution in [1.82, 2.24) is 48.8 Å². The monoisotopic (exact) mass is 921 g/mol. The number of imide groups is 2. The first kappa shape index (κ1) is 46.3. The molecule has 4 atom stereocenters. The normalized spacial score (nSPS) is 17.8. The third kappa shape index (κ3) is 10.5. The van der Waals surface area contributed by atoms with Crippen LogP contribution in [-0.4, -0.2) is 102 Å². The highest BCUT2D eigenvalue weighted by Crippen LogP contribution is 2.34. The van der Waals surface area contributed by atoms with Gasteiger partial charge in [-0.15, -0.1) is 0 Å². The van der Waals surface area contributed by atoms with Gasteiger partial charge >= 0.3 is 12.2 Å². The van der Waals surface area contributed by atoms with Crippen LogP contribution in [0, 0.1) is 0 Å². The van der Waals surface area contributed by atoms with Gasteiger partial charge in [0.15, 0.2) is 22.3 Å². The maximum atomic E-state index is 12.9. The maximum absolute atomic E-state index is 12.9. The number of carbonyl (C=O) groups is 4. The summed E-state index contributed by atoms with van der Waals surface area (Å²) in [5, 5.41) is 13.0. The molecular formula is C46H49Cl2N11O6. The third-order valence-corrected chi connectivity index (χ3v) is 11.4. The Morgan fingerprint density at radius 1 is 0.754 bits per heavy atom. The van der Waals surface area contributed by atoms with Crippen molar-refractivity contribution < 1.29 is 29.0 Å². The first-order valence-corrected chi connectivity index (χ1v) is 22.0. The number of carbonyl (C=O) groups excluding carboxylic acids is 3. The SMILES string of the molecule is CCC(=O)N(C(=O)O)[C@@H]1C=C[C@H](n2cnc3c(Cl)nc(Cl)nc32)C1.CCC(=O)N(C(=O)OC(C)(C)C)[C@@H]1C=C[C@H](n2cnc3c(NCC(c4ccccc4)c4ccccc4)ncnc32)C1. The Morgan fingerprint density at radius 3 is 1.85 bits per heavy atom. The molecule has 2 aliphatic carbocycles. The van der Waals surface area contributed by atoms with Crippen LogP contribution < -0.4 is 5.32 Å². The minimum absolute atomic E-state index is 0.00102. The summed E-state index contributed by atoms with van der Waals surface area (Å²) >= 11 is 11.8. The van der Waals surface area contributed by atoms with Crippen molar-refractivity contribution in [3.8, 4) is 0 Å². The number of allylic oxidation sites excluding steroid dienone is 2. The van der Waals surface area contributed by atoms with Crippen LogP contribution in [0.25, 0.3) is 22.3 Å². The van der Waals surface area contributed by atoms with Gasteiger partial charge in [-0.05, 0) is 56.3 Å². The van der Waals surface area contributed by atoms with E-state index in [4.69, 9.17) is 27.9 Å². The standard InChI is InChI=1S/C32H36N6O3.C14H13Cl2N5O3/c1-5-27(39)38(31(40)41-32(2,3)4)25-17-16-24(18-25)37-21-36-28-29(34-20-35-30(28)37)33-19-26(22-12-8-6-9-13-22)23-14-10-7-11-15-23;1-2-9(22)21(14(23)24)8-4-3-7(5-8)20-6-17-10-11(15)18-13(16)19-12(10)20/h6-17,20-21,24-26H,5,18-19H2,1-4H3,(H,33,34,35);3-4,6-8H,2,5H2,1H3,(H,23,24)/t24-,25+;7-,8+/m00/s1. The second-order valence-electron chi connectivity index (χ2n) is 16.4. The van der Waals surface area contributed by atoms with Gasteiger partial charge in [0.2, 0.25) is 17.1 Å². The second kappa shape index (κ2) is 20.0. The van der Waals surface area contributed by atoms with Crippen LogP contribution >= 0.6 is 23.2 Å². The number of fused-ring (bicyclic) bond motifs is 2. The van der Waals surface area contributed by atoms with E-state index >= 15 is 0 Å². The van der Waals surface area contributed by atoms with Gasteiger partial charge in [0.05, 0.1) is 36.8 Å². The number of ether oxygens (including phenoxy) is 1. The number of aromatic nitrogens is 8. The van der Waals surface area contributed by atoms with Gasteiger partial charge in [0.25, 0.3) is 0 Å². The van der Waals surface area contributed by atoms with Crippen molar-refractivity contribution >= 4 is 75.3 Å². The number of hydrogen-bond donors (Lipinski definition) is 2. The lowest BCUT2D eigenvalue weighted by Crippen LogP contribution is -2.45. The molecule has 338 valence electrons. The van der Waals surface area contributed by atoms with E-state index in [1.807, 2.05) is 34.9 Å². The Balaban J connectivity index is 0.000000223. The van der Waals surface area contributed by atoms with Crippen LogP contribution in [0.2, 0.25) is 10.4 Å². The predicted molar refractivity (Wildman–Crippen MR) is 246 cm³/mol. The molecule has 8 rings (SSSR count). The zero-order chi connectivity index (χ0) is 46.4. The van der Waals surface area contributed by atoms with Crippen molar-refractivity contribution in [1.29, 1.82) is 0 Å². The molecule has 0 unspecified atom stereocenters. The summed E-state index contributed by atoms with van der Waals surface area (Å²) in [6.45, 7) is 9.36. The number of halogens is 2. The fourth-order valence-electron chi connectivity index (χ4n) is 7.95. The molecule has 0 saturated heterocycles. The fourth-order valence-corrected chi connectivity index (χ4v) is 8.37. The van der Waals surface area contributed by atoms with Gasteiger partial charge in [-0.2, -0.15) is 4.98 Å². The summed E-state index contributed by atoms with van der Waals surface area (Å²) in [4.78, 5) is 76.9. The number of nitrogens with one attached hydrogen (secondary N) is 1. The Kier molecular flexibility index (Phi) is 14.2. The Labute approximate surface area is 385 Å². The summed E-state index contributed by atoms with van der Waals surface area (Å²) in [6.07, 6.45) is 11.5. The topological polar surface area (TPSA) is 203 Å². The average molecular weight is 923 g/mol. The molecule has 0 spiro atoms. The number of amides is 4. The van der Waals surface area contributed by atoms with Gasteiger partial charge in [-0.1, -0.05) is 110 Å². The molecule has 0 bridgehead atoms. The van der Waals surface area contributed by atoms with E-state index < -0.39 is 35.8 Å². The molecule has 2 aromatic carbocycles. The fraction of sp³-hybridized carbons (Fsp3) is 0.348. The molecule has 19 heteroatoms. The molecule has 0 fully saturated rings. The summed E-state index contributed by atoms with van der Waals surface area (Å²) in [5.41, 5.74) is 3.93. The molecule has 4 amide bonds. The molecule has 4 heterocycles. The van der Waals surface area contributed by atoms with Crippen LogP contribution in [0.3, 0.4) is 0 Å². The number of imidazole rings is 2. The first-order chi connectivity index (χ1) is 31.2. The Hall–Kier alpha value is -6.72. The average Bonchev–Trinajstić information content (AvgIpc) is 4.11. The molecule has 6 aromatic rings. The number of nitrogens with zero attached hydrogens (tertiary/aromatic N) is 10. The highest BCUT2D eigenvalue weighted by Gasteiger charge is 2.36. The Bertz CT molecular complexity index is 2700. The molecule has 0 radical (unpaired) electrons. The van der Waals surface area contributed by atoms with E-state index in [-0.39, 0.29) is 47.2 Å². The van der Waals surface area contributed by atoms with E-state index in [9.17, 15) is 24.3 Å². The molecule has 0 saturated carbocycles. The molecule has 17 nitrogen and oxygen atoms in total. The highest BCUT2D eigenvalue weighted by atomic mass is 35.5. The smallest absolute Gasteiger partial charge is 0.417 e. The van der Waals surface area contributed by atoms with Crippen molar-refractivity contribution in [2.45, 2.75) is 96.0 Å². The molecule has 0 aliphatic heterocycles. The van der Waals surface area contributed by atoms with Gasteiger partial charge < -0.3 is 24.3 Å². The van der Waals surface area contributed by atoms with E-state index in [0.717, 1.165) is 4.90 Å². The highest BCUT2D eigenvalue weighted by molar-refractivity contribution is 6.35. The van der Waals surface area contributed by atoms with Crippen molar-refractivity contribution in [3.05, 3.63) is 126 Å². The van der Waals surface area contributed by atoms with Crippen molar-refractivity contribution in [2.24, 2.45) is 0 Å². The lowest BCUT2D eigenvalue weighted by Gasteiger charge is -2.29. The van der Waals surface area contributed by atoms with Crippen LogP contribution in [0.1, 0.15) is 89.4 Å². The third-order valence-electron chi connectivity index (χ3n) is 11.0. The summed E-state index contributed by atoms with van der Waals surface area (Å²) in [7, 11) is 0. The molecule has 4 aromatic heterocycles. The van der Waals surface area contributed by atoms with Crippen LogP contribution in [-0.2, 0) is 14.3 Å². The minimum Gasteiger partial charge on any atom is -0.465 e. The van der Waals surface area contributed by atoms with Gasteiger partial charge in [-0.3, -0.25) is 9.59 Å². The maximum Gasteiger partial charge on any atom is 0.417 e. The van der Waals surface area contributed by atoms with Crippen LogP contribution in [0.5, 0.6) is 0 Å². The number of carboxylic acid groups (broad SMARTS) is 1. The number of anilines is 1. The van der Waals surface area contributed by atoms with Gasteiger partial charge in [0.1, 0.15) is 23.0 Å². The predicted octanol–water partition coefficient (Wildman–Crippen LogP) is 9.03. The van der Waals surface area contributed by atoms with E-state index in [1.54, 1.807) is 57.9 Å². The van der Waals surface area contributed by atoms with E-state index in [1.165, 1.54) is 22.4 Å². The number of benzene rings is 2. The lowest BCUT2D eigenvalue weighted by molar-refractivity contribution is -0.132. The number of rotatable bonds is 11. The number of hydrogen-bond acceptors (Lipinski definition) is 12. The summed E-state index contributed by atoms with van der Waals surface area (Å²) in [6, 6.07) is 19.5. The van der Waals surface area contributed by atoms with E-state index in [2.05, 4.69) is 83.8 Å². The largest absolute Gasteiger partial charge is 0.465 e. The molecule has 2 N–H and O–H groups in total. The molecule has 2 aliphatic rings.